The fourth-order valence-corrected chi connectivity index (χ4v) is 3.77. The number of hydrogen-bond donors (Lipinski definition) is 1. The Labute approximate surface area is 164 Å². The molecule has 1 aromatic heterocycles. The highest BCUT2D eigenvalue weighted by Crippen LogP contribution is 2.26. The number of carbonyl (C=O) groups excluding carboxylic acids is 2. The molecule has 6 heteroatoms. The fourth-order valence-electron chi connectivity index (χ4n) is 3.77. The van der Waals surface area contributed by atoms with Crippen LogP contribution in [0.25, 0.3) is 11.0 Å². The lowest BCUT2D eigenvalue weighted by Gasteiger charge is -2.33. The second-order valence-electron chi connectivity index (χ2n) is 7.35. The van der Waals surface area contributed by atoms with Crippen molar-refractivity contribution in [3.8, 4) is 0 Å². The highest BCUT2D eigenvalue weighted by molar-refractivity contribution is 5.96. The third kappa shape index (κ3) is 3.76. The van der Waals surface area contributed by atoms with Gasteiger partial charge in [-0.2, -0.15) is 0 Å². The van der Waals surface area contributed by atoms with Crippen molar-refractivity contribution in [3.05, 3.63) is 66.0 Å². The number of nitrogens with one attached hydrogen (secondary N) is 1. The van der Waals surface area contributed by atoms with Crippen molar-refractivity contribution in [3.63, 3.8) is 0 Å². The molecule has 1 saturated heterocycles. The van der Waals surface area contributed by atoms with Crippen LogP contribution in [0.15, 0.2) is 54.6 Å². The van der Waals surface area contributed by atoms with Gasteiger partial charge in [-0.15, -0.1) is 0 Å². The molecule has 1 atom stereocenters. The van der Waals surface area contributed by atoms with Crippen LogP contribution in [0.1, 0.15) is 34.9 Å². The Morgan fingerprint density at radius 1 is 1.14 bits per heavy atom. The van der Waals surface area contributed by atoms with Crippen LogP contribution in [0, 0.1) is 0 Å². The number of piperidine rings is 1. The van der Waals surface area contributed by atoms with Crippen LogP contribution in [0.4, 0.5) is 0 Å². The molecular formula is C22H24N4O2. The molecule has 0 bridgehead atoms. The number of aromatic amines is 1. The van der Waals surface area contributed by atoms with Gasteiger partial charge in [-0.1, -0.05) is 30.3 Å². The number of benzene rings is 2. The van der Waals surface area contributed by atoms with Crippen molar-refractivity contribution in [1.29, 1.82) is 0 Å². The normalized spacial score (nSPS) is 16.9. The summed E-state index contributed by atoms with van der Waals surface area (Å²) in [6.45, 7) is 1.44. The summed E-state index contributed by atoms with van der Waals surface area (Å²) in [6, 6.07) is 17.0. The third-order valence-corrected chi connectivity index (χ3v) is 5.31. The first-order chi connectivity index (χ1) is 13.6. The number of fused-ring (bicyclic) bond motifs is 1. The van der Waals surface area contributed by atoms with Gasteiger partial charge in [0.2, 0.25) is 5.91 Å². The zero-order chi connectivity index (χ0) is 19.5. The molecule has 28 heavy (non-hydrogen) atoms. The number of likely N-dealkylation sites (N-methyl/N-ethyl adjacent to an activating group) is 1. The quantitative estimate of drug-likeness (QED) is 0.761. The number of aromatic nitrogens is 2. The maximum Gasteiger partial charge on any atom is 0.254 e. The minimum Gasteiger partial charge on any atom is -0.342 e. The molecule has 0 radical (unpaired) electrons. The van der Waals surface area contributed by atoms with E-state index in [1.165, 1.54) is 4.90 Å². The summed E-state index contributed by atoms with van der Waals surface area (Å²) in [5, 5.41) is 0. The minimum absolute atomic E-state index is 0.0207. The molecule has 1 fully saturated rings. The van der Waals surface area contributed by atoms with E-state index in [9.17, 15) is 9.59 Å². The van der Waals surface area contributed by atoms with Crippen molar-refractivity contribution >= 4 is 22.8 Å². The van der Waals surface area contributed by atoms with E-state index in [0.717, 1.165) is 36.2 Å². The lowest BCUT2D eigenvalue weighted by Crippen LogP contribution is -2.45. The van der Waals surface area contributed by atoms with Crippen LogP contribution in [-0.2, 0) is 4.79 Å². The van der Waals surface area contributed by atoms with Crippen molar-refractivity contribution < 1.29 is 9.59 Å². The predicted molar refractivity (Wildman–Crippen MR) is 108 cm³/mol. The average molecular weight is 376 g/mol. The van der Waals surface area contributed by atoms with E-state index in [-0.39, 0.29) is 24.3 Å². The smallest absolute Gasteiger partial charge is 0.254 e. The topological polar surface area (TPSA) is 69.3 Å². The molecule has 1 N–H and O–H groups in total. The highest BCUT2D eigenvalue weighted by Gasteiger charge is 2.28. The monoisotopic (exact) mass is 376 g/mol. The minimum atomic E-state index is -0.139. The number of nitrogens with zero attached hydrogens (tertiary/aromatic N) is 3. The molecule has 1 aliphatic rings. The second kappa shape index (κ2) is 7.84. The molecule has 2 heterocycles. The van der Waals surface area contributed by atoms with Crippen LogP contribution >= 0.6 is 0 Å². The van der Waals surface area contributed by atoms with E-state index < -0.39 is 0 Å². The lowest BCUT2D eigenvalue weighted by atomic mass is 9.97. The molecule has 3 aromatic rings. The Bertz CT molecular complexity index is 949. The van der Waals surface area contributed by atoms with Gasteiger partial charge in [0.1, 0.15) is 5.82 Å². The Kier molecular flexibility index (Phi) is 5.10. The number of rotatable bonds is 4. The van der Waals surface area contributed by atoms with Crippen molar-refractivity contribution in [2.24, 2.45) is 0 Å². The largest absolute Gasteiger partial charge is 0.342 e. The third-order valence-electron chi connectivity index (χ3n) is 5.31. The Morgan fingerprint density at radius 3 is 2.68 bits per heavy atom. The van der Waals surface area contributed by atoms with Gasteiger partial charge in [-0.05, 0) is 37.1 Å². The van der Waals surface area contributed by atoms with Crippen molar-refractivity contribution in [1.82, 2.24) is 19.8 Å². The lowest BCUT2D eigenvalue weighted by molar-refractivity contribution is -0.132. The number of para-hydroxylation sites is 2. The highest BCUT2D eigenvalue weighted by atomic mass is 16.2. The van der Waals surface area contributed by atoms with E-state index in [1.54, 1.807) is 19.2 Å². The summed E-state index contributed by atoms with van der Waals surface area (Å²) >= 11 is 0. The molecule has 4 rings (SSSR count). The maximum absolute atomic E-state index is 12.8. The van der Waals surface area contributed by atoms with Gasteiger partial charge in [0.15, 0.2) is 0 Å². The summed E-state index contributed by atoms with van der Waals surface area (Å²) in [5.74, 6) is 0.972. The Hall–Kier alpha value is -3.15. The van der Waals surface area contributed by atoms with Gasteiger partial charge in [0.25, 0.3) is 5.91 Å². The summed E-state index contributed by atoms with van der Waals surface area (Å²) < 4.78 is 0. The van der Waals surface area contributed by atoms with Crippen molar-refractivity contribution in [2.45, 2.75) is 18.8 Å². The number of amides is 2. The molecule has 2 amide bonds. The summed E-state index contributed by atoms with van der Waals surface area (Å²) in [4.78, 5) is 36.7. The van der Waals surface area contributed by atoms with Crippen LogP contribution in [-0.4, -0.2) is 58.3 Å². The van der Waals surface area contributed by atoms with Gasteiger partial charge >= 0.3 is 0 Å². The molecule has 1 aliphatic heterocycles. The number of imidazole rings is 1. The molecule has 144 valence electrons. The summed E-state index contributed by atoms with van der Waals surface area (Å²) in [7, 11) is 1.67. The van der Waals surface area contributed by atoms with Crippen LogP contribution in [0.5, 0.6) is 0 Å². The zero-order valence-corrected chi connectivity index (χ0v) is 16.0. The Morgan fingerprint density at radius 2 is 1.89 bits per heavy atom. The van der Waals surface area contributed by atoms with Gasteiger partial charge in [-0.3, -0.25) is 9.59 Å². The molecular weight excluding hydrogens is 352 g/mol. The molecule has 6 nitrogen and oxygen atoms in total. The Balaban J connectivity index is 1.41. The predicted octanol–water partition coefficient (Wildman–Crippen LogP) is 3.04. The fraction of sp³-hybridized carbons (Fsp3) is 0.318. The van der Waals surface area contributed by atoms with E-state index >= 15 is 0 Å². The van der Waals surface area contributed by atoms with Gasteiger partial charge in [-0.25, -0.2) is 4.98 Å². The van der Waals surface area contributed by atoms with Crippen molar-refractivity contribution in [2.75, 3.05) is 26.7 Å². The van der Waals surface area contributed by atoms with Crippen LogP contribution in [0.2, 0.25) is 0 Å². The van der Waals surface area contributed by atoms with E-state index in [2.05, 4.69) is 4.98 Å². The number of likely N-dealkylation sites (tertiary alicyclic amines) is 1. The number of H-pyrrole nitrogens is 1. The standard InChI is InChI=1S/C22H24N4O2/c1-25(22(28)16-8-3-2-4-9-16)15-20(27)26-13-7-10-17(14-26)21-23-18-11-5-6-12-19(18)24-21/h2-6,8-9,11-12,17H,7,10,13-15H2,1H3,(H,23,24). The number of hydrogen-bond acceptors (Lipinski definition) is 3. The first-order valence-electron chi connectivity index (χ1n) is 9.65. The summed E-state index contributed by atoms with van der Waals surface area (Å²) in [6.07, 6.45) is 1.94. The molecule has 0 saturated carbocycles. The molecule has 2 aromatic carbocycles. The van der Waals surface area contributed by atoms with Gasteiger partial charge in [0, 0.05) is 31.6 Å². The molecule has 0 spiro atoms. The van der Waals surface area contributed by atoms with E-state index in [4.69, 9.17) is 4.98 Å². The number of carbonyl (C=O) groups is 2. The first kappa shape index (κ1) is 18.2. The average Bonchev–Trinajstić information content (AvgIpc) is 3.18. The van der Waals surface area contributed by atoms with Gasteiger partial charge in [0.05, 0.1) is 17.6 Å². The van der Waals surface area contributed by atoms with E-state index in [0.29, 0.717) is 12.1 Å². The molecule has 1 unspecified atom stereocenters. The molecule has 0 aliphatic carbocycles. The summed E-state index contributed by atoms with van der Waals surface area (Å²) in [5.41, 5.74) is 2.57. The first-order valence-corrected chi connectivity index (χ1v) is 9.65. The van der Waals surface area contributed by atoms with Crippen LogP contribution < -0.4 is 0 Å². The zero-order valence-electron chi connectivity index (χ0n) is 16.0. The van der Waals surface area contributed by atoms with Gasteiger partial charge < -0.3 is 14.8 Å². The maximum atomic E-state index is 12.8. The van der Waals surface area contributed by atoms with E-state index in [1.807, 2.05) is 47.4 Å². The van der Waals surface area contributed by atoms with Crippen LogP contribution in [0.3, 0.4) is 0 Å². The second-order valence-corrected chi connectivity index (χ2v) is 7.35. The SMILES string of the molecule is CN(CC(=O)N1CCCC(c2nc3ccccc3[nH]2)C1)C(=O)c1ccccc1.